The second-order valence-corrected chi connectivity index (χ2v) is 12.3. The number of alkyl halides is 2. The maximum absolute atomic E-state index is 13.5. The zero-order valence-corrected chi connectivity index (χ0v) is 23.5. The van der Waals surface area contributed by atoms with Gasteiger partial charge in [0, 0.05) is 36.7 Å². The van der Waals surface area contributed by atoms with Gasteiger partial charge in [0.15, 0.2) is 5.82 Å². The van der Waals surface area contributed by atoms with Crippen LogP contribution in [0.1, 0.15) is 28.7 Å². The summed E-state index contributed by atoms with van der Waals surface area (Å²) in [6, 6.07) is 13.8. The first-order valence-electron chi connectivity index (χ1n) is 13.0. The quantitative estimate of drug-likeness (QED) is 0.112. The van der Waals surface area contributed by atoms with Gasteiger partial charge in [-0.1, -0.05) is 18.2 Å². The Morgan fingerprint density at radius 3 is 2.52 bits per heavy atom. The highest BCUT2D eigenvalue weighted by atomic mass is 31.2. The summed E-state index contributed by atoms with van der Waals surface area (Å²) in [6.07, 6.45) is 3.13. The van der Waals surface area contributed by atoms with Crippen LogP contribution >= 0.6 is 7.37 Å². The monoisotopic (exact) mass is 573 g/mol. The lowest BCUT2D eigenvalue weighted by atomic mass is 9.99. The largest absolute Gasteiger partial charge is 0.491 e. The number of nitrogen functional groups attached to an aromatic ring is 1. The van der Waals surface area contributed by atoms with E-state index in [0.29, 0.717) is 30.2 Å². The minimum Gasteiger partial charge on any atom is -0.491 e. The number of aromatic nitrogens is 2. The van der Waals surface area contributed by atoms with Crippen molar-refractivity contribution in [3.63, 3.8) is 0 Å². The summed E-state index contributed by atoms with van der Waals surface area (Å²) in [5, 5.41) is 11.2. The van der Waals surface area contributed by atoms with Gasteiger partial charge in [-0.25, -0.2) is 4.98 Å². The average molecular weight is 574 g/mol. The van der Waals surface area contributed by atoms with E-state index in [1.54, 1.807) is 0 Å². The highest BCUT2D eigenvalue weighted by Crippen LogP contribution is 2.55. The molecule has 0 saturated heterocycles. The summed E-state index contributed by atoms with van der Waals surface area (Å²) in [5.74, 6) is 1.02. The second-order valence-electron chi connectivity index (χ2n) is 9.91. The molecule has 0 aliphatic carbocycles. The normalized spacial score (nSPS) is 13.6. The zero-order valence-electron chi connectivity index (χ0n) is 22.6. The number of ether oxygens (including phenoxy) is 2. The van der Waals surface area contributed by atoms with Crippen molar-refractivity contribution in [3.05, 3.63) is 70.9 Å². The molecule has 0 bridgehead atoms. The molecule has 1 atom stereocenters. The number of halogens is 2. The molecule has 0 spiro atoms. The van der Waals surface area contributed by atoms with Gasteiger partial charge in [0.2, 0.25) is 0 Å². The Hall–Kier alpha value is -3.17. The number of pyridine rings is 2. The fraction of sp³-hybridized carbons (Fsp3) is 0.379. The predicted octanol–water partition coefficient (Wildman–Crippen LogP) is 5.27. The molecule has 40 heavy (non-hydrogen) atoms. The Morgan fingerprint density at radius 2 is 1.80 bits per heavy atom. The van der Waals surface area contributed by atoms with Crippen LogP contribution in [-0.2, 0) is 28.6 Å². The van der Waals surface area contributed by atoms with Gasteiger partial charge >= 0.3 is 5.66 Å². The number of hydrogen-bond acceptors (Lipinski definition) is 7. The first-order valence-corrected chi connectivity index (χ1v) is 15.1. The number of benzene rings is 2. The number of nitrogens with zero attached hydrogens (tertiary/aromatic N) is 2. The van der Waals surface area contributed by atoms with Crippen LogP contribution in [0.3, 0.4) is 0 Å². The summed E-state index contributed by atoms with van der Waals surface area (Å²) in [4.78, 5) is 18.2. The van der Waals surface area contributed by atoms with Crippen molar-refractivity contribution < 1.29 is 32.8 Å². The SMILES string of the molecule is Cc1cc(OCCOCCC(F)(F)P(C)(=O)O)ccc1CCc1cnc2c(N)nc3cc(CCO)ccc3c2c1. The number of aryl methyl sites for hydroxylation is 3. The number of aliphatic hydroxyl groups is 1. The lowest BCUT2D eigenvalue weighted by Crippen LogP contribution is -2.19. The van der Waals surface area contributed by atoms with E-state index in [0.717, 1.165) is 51.4 Å². The van der Waals surface area contributed by atoms with E-state index in [9.17, 15) is 18.5 Å². The van der Waals surface area contributed by atoms with Crippen molar-refractivity contribution in [2.75, 3.05) is 38.8 Å². The van der Waals surface area contributed by atoms with Gasteiger partial charge in [0.25, 0.3) is 7.37 Å². The number of hydrogen-bond donors (Lipinski definition) is 3. The fourth-order valence-corrected chi connectivity index (χ4v) is 4.97. The molecule has 11 heteroatoms. The third-order valence-corrected chi connectivity index (χ3v) is 8.27. The molecule has 8 nitrogen and oxygen atoms in total. The van der Waals surface area contributed by atoms with E-state index in [-0.39, 0.29) is 26.4 Å². The number of fused-ring (bicyclic) bond motifs is 3. The smallest absolute Gasteiger partial charge is 0.323 e. The zero-order chi connectivity index (χ0) is 28.9. The average Bonchev–Trinajstić information content (AvgIpc) is 2.89. The molecular formula is C29H34F2N3O5P. The maximum Gasteiger partial charge on any atom is 0.323 e. The lowest BCUT2D eigenvalue weighted by molar-refractivity contribution is 0.0197. The summed E-state index contributed by atoms with van der Waals surface area (Å²) < 4.78 is 49.0. The van der Waals surface area contributed by atoms with Crippen molar-refractivity contribution in [2.45, 2.75) is 38.3 Å². The van der Waals surface area contributed by atoms with Gasteiger partial charge in [-0.3, -0.25) is 9.55 Å². The van der Waals surface area contributed by atoms with Crippen molar-refractivity contribution in [1.82, 2.24) is 9.97 Å². The third kappa shape index (κ3) is 7.12. The first-order chi connectivity index (χ1) is 19.0. The molecule has 0 fully saturated rings. The molecule has 0 aliphatic rings. The molecule has 214 valence electrons. The molecule has 4 rings (SSSR count). The van der Waals surface area contributed by atoms with Gasteiger partial charge in [0.05, 0.1) is 18.7 Å². The van der Waals surface area contributed by atoms with Gasteiger partial charge in [-0.15, -0.1) is 0 Å². The highest BCUT2D eigenvalue weighted by molar-refractivity contribution is 7.58. The van der Waals surface area contributed by atoms with Crippen LogP contribution in [-0.4, -0.2) is 58.7 Å². The third-order valence-electron chi connectivity index (χ3n) is 6.83. The van der Waals surface area contributed by atoms with Crippen LogP contribution in [0.25, 0.3) is 21.8 Å². The van der Waals surface area contributed by atoms with E-state index in [1.165, 1.54) is 0 Å². The Balaban J connectivity index is 1.34. The summed E-state index contributed by atoms with van der Waals surface area (Å²) >= 11 is 0. The number of nitrogens with two attached hydrogens (primary N) is 1. The summed E-state index contributed by atoms with van der Waals surface area (Å²) in [6.45, 7) is 2.64. The minimum atomic E-state index is -4.50. The molecule has 4 aromatic rings. The van der Waals surface area contributed by atoms with E-state index in [1.807, 2.05) is 49.5 Å². The standard InChI is InChI=1S/C29H34F2N3O5P/c1-19-15-23(39-14-13-38-12-10-29(30,31)40(2,36)37)7-6-22(19)5-3-21-16-25-24-8-4-20(9-11-35)17-26(24)34-28(32)27(25)33-18-21/h4,6-8,15-18,35H,3,5,9-14H2,1-2H3,(H2,32,34)(H,36,37). The number of rotatable bonds is 13. The topological polar surface area (TPSA) is 128 Å². The van der Waals surface area contributed by atoms with E-state index in [4.69, 9.17) is 20.1 Å². The number of aliphatic hydroxyl groups excluding tert-OH is 1. The molecule has 1 unspecified atom stereocenters. The highest BCUT2D eigenvalue weighted by Gasteiger charge is 2.44. The van der Waals surface area contributed by atoms with Gasteiger partial charge < -0.3 is 25.2 Å². The molecular weight excluding hydrogens is 539 g/mol. The van der Waals surface area contributed by atoms with E-state index in [2.05, 4.69) is 16.0 Å². The van der Waals surface area contributed by atoms with Crippen molar-refractivity contribution >= 4 is 35.0 Å². The van der Waals surface area contributed by atoms with E-state index >= 15 is 0 Å². The predicted molar refractivity (Wildman–Crippen MR) is 152 cm³/mol. The van der Waals surface area contributed by atoms with E-state index < -0.39 is 19.5 Å². The second kappa shape index (κ2) is 12.6. The van der Waals surface area contributed by atoms with Crippen LogP contribution < -0.4 is 10.5 Å². The number of anilines is 1. The first kappa shape index (κ1) is 29.8. The molecule has 0 radical (unpaired) electrons. The van der Waals surface area contributed by atoms with Gasteiger partial charge in [0.1, 0.15) is 17.9 Å². The Morgan fingerprint density at radius 1 is 1.00 bits per heavy atom. The Labute approximate surface area is 231 Å². The van der Waals surface area contributed by atoms with Crippen LogP contribution in [0.2, 0.25) is 0 Å². The maximum atomic E-state index is 13.5. The Kier molecular flexibility index (Phi) is 9.36. The fourth-order valence-electron chi connectivity index (χ4n) is 4.46. The van der Waals surface area contributed by atoms with Crippen LogP contribution in [0.15, 0.2) is 48.7 Å². The molecule has 0 saturated carbocycles. The van der Waals surface area contributed by atoms with Crippen molar-refractivity contribution in [1.29, 1.82) is 0 Å². The molecule has 2 aromatic carbocycles. The van der Waals surface area contributed by atoms with Gasteiger partial charge in [-0.05, 0) is 72.7 Å². The molecule has 0 amide bonds. The molecule has 4 N–H and O–H groups in total. The van der Waals surface area contributed by atoms with Crippen LogP contribution in [0.5, 0.6) is 5.75 Å². The molecule has 2 heterocycles. The van der Waals surface area contributed by atoms with Crippen LogP contribution in [0.4, 0.5) is 14.6 Å². The van der Waals surface area contributed by atoms with Gasteiger partial charge in [-0.2, -0.15) is 8.78 Å². The Bertz CT molecular complexity index is 1540. The molecule has 0 aliphatic heterocycles. The van der Waals surface area contributed by atoms with Crippen molar-refractivity contribution in [3.8, 4) is 5.75 Å². The minimum absolute atomic E-state index is 0.0713. The van der Waals surface area contributed by atoms with Crippen molar-refractivity contribution in [2.24, 2.45) is 0 Å². The lowest BCUT2D eigenvalue weighted by Gasteiger charge is -2.19. The molecule has 2 aromatic heterocycles. The van der Waals surface area contributed by atoms with Crippen LogP contribution in [0, 0.1) is 6.92 Å². The summed E-state index contributed by atoms with van der Waals surface area (Å²) in [7, 11) is -4.50. The summed E-state index contributed by atoms with van der Waals surface area (Å²) in [5.41, 5.74) is 8.27.